The van der Waals surface area contributed by atoms with Crippen molar-refractivity contribution < 1.29 is 5.11 Å². The van der Waals surface area contributed by atoms with Gasteiger partial charge in [0.05, 0.1) is 6.10 Å². The lowest BCUT2D eigenvalue weighted by Crippen LogP contribution is -2.06. The number of aliphatic hydroxyl groups is 1. The Morgan fingerprint density at radius 1 is 1.23 bits per heavy atom. The van der Waals surface area contributed by atoms with Crippen LogP contribution in [-0.4, -0.2) is 11.2 Å². The van der Waals surface area contributed by atoms with Gasteiger partial charge >= 0.3 is 0 Å². The molecular formula is C12H24O. The third-order valence-corrected chi connectivity index (χ3v) is 3.25. The Hall–Kier alpha value is -0.0400. The lowest BCUT2D eigenvalue weighted by atomic mass is 9.98. The number of aliphatic hydroxyl groups excluding tert-OH is 1. The molecule has 78 valence electrons. The Morgan fingerprint density at radius 3 is 2.54 bits per heavy atom. The second-order valence-electron chi connectivity index (χ2n) is 4.52. The van der Waals surface area contributed by atoms with Gasteiger partial charge < -0.3 is 5.11 Å². The first-order chi connectivity index (χ1) is 6.33. The van der Waals surface area contributed by atoms with Crippen molar-refractivity contribution in [3.63, 3.8) is 0 Å². The third-order valence-electron chi connectivity index (χ3n) is 3.25. The quantitative estimate of drug-likeness (QED) is 0.669. The Labute approximate surface area is 82.5 Å². The fourth-order valence-electron chi connectivity index (χ4n) is 2.42. The molecule has 0 amide bonds. The highest BCUT2D eigenvalue weighted by molar-refractivity contribution is 4.68. The third kappa shape index (κ3) is 4.66. The summed E-state index contributed by atoms with van der Waals surface area (Å²) in [6.45, 7) is 2.14. The molecule has 1 aliphatic rings. The standard InChI is InChI=1S/C12H24O/c1-2-6-12(13)10-5-9-11-7-3-4-8-11/h11-13H,2-10H2,1H3/t12-/m0/s1. The largest absolute Gasteiger partial charge is 0.393 e. The molecule has 0 aromatic carbocycles. The highest BCUT2D eigenvalue weighted by Crippen LogP contribution is 2.29. The molecule has 1 aliphatic carbocycles. The van der Waals surface area contributed by atoms with Gasteiger partial charge in [0.15, 0.2) is 0 Å². The van der Waals surface area contributed by atoms with Gasteiger partial charge in [-0.25, -0.2) is 0 Å². The molecule has 0 bridgehead atoms. The van der Waals surface area contributed by atoms with E-state index in [1.165, 1.54) is 38.5 Å². The molecule has 0 heterocycles. The van der Waals surface area contributed by atoms with Gasteiger partial charge in [0.1, 0.15) is 0 Å². The highest BCUT2D eigenvalue weighted by atomic mass is 16.3. The summed E-state index contributed by atoms with van der Waals surface area (Å²) in [6, 6.07) is 0. The van der Waals surface area contributed by atoms with Gasteiger partial charge in [0.25, 0.3) is 0 Å². The van der Waals surface area contributed by atoms with Crippen molar-refractivity contribution in [1.82, 2.24) is 0 Å². The molecule has 13 heavy (non-hydrogen) atoms. The van der Waals surface area contributed by atoms with Crippen LogP contribution in [0.3, 0.4) is 0 Å². The van der Waals surface area contributed by atoms with E-state index in [0.717, 1.165) is 25.2 Å². The first-order valence-corrected chi connectivity index (χ1v) is 6.01. The van der Waals surface area contributed by atoms with Crippen LogP contribution in [0.25, 0.3) is 0 Å². The van der Waals surface area contributed by atoms with Crippen LogP contribution in [0.15, 0.2) is 0 Å². The molecule has 0 aromatic heterocycles. The van der Waals surface area contributed by atoms with Crippen molar-refractivity contribution >= 4 is 0 Å². The average molecular weight is 184 g/mol. The minimum Gasteiger partial charge on any atom is -0.393 e. The zero-order valence-electron chi connectivity index (χ0n) is 8.97. The predicted octanol–water partition coefficient (Wildman–Crippen LogP) is 3.51. The second-order valence-corrected chi connectivity index (χ2v) is 4.52. The maximum Gasteiger partial charge on any atom is 0.0540 e. The molecular weight excluding hydrogens is 160 g/mol. The molecule has 0 radical (unpaired) electrons. The number of hydrogen-bond donors (Lipinski definition) is 1. The fourth-order valence-corrected chi connectivity index (χ4v) is 2.42. The molecule has 1 N–H and O–H groups in total. The first-order valence-electron chi connectivity index (χ1n) is 6.01. The molecule has 0 aromatic rings. The molecule has 1 rings (SSSR count). The van der Waals surface area contributed by atoms with Gasteiger partial charge in [0, 0.05) is 0 Å². The smallest absolute Gasteiger partial charge is 0.0540 e. The van der Waals surface area contributed by atoms with Crippen LogP contribution in [0.5, 0.6) is 0 Å². The van der Waals surface area contributed by atoms with E-state index in [1.807, 2.05) is 0 Å². The van der Waals surface area contributed by atoms with Crippen LogP contribution in [0, 0.1) is 5.92 Å². The summed E-state index contributed by atoms with van der Waals surface area (Å²) < 4.78 is 0. The maximum absolute atomic E-state index is 9.52. The lowest BCUT2D eigenvalue weighted by molar-refractivity contribution is 0.148. The Kier molecular flexibility index (Phi) is 5.45. The van der Waals surface area contributed by atoms with E-state index < -0.39 is 0 Å². The van der Waals surface area contributed by atoms with Gasteiger partial charge in [-0.3, -0.25) is 0 Å². The van der Waals surface area contributed by atoms with Gasteiger partial charge in [-0.15, -0.1) is 0 Å². The van der Waals surface area contributed by atoms with E-state index in [4.69, 9.17) is 0 Å². The minimum atomic E-state index is -0.0218. The van der Waals surface area contributed by atoms with Crippen molar-refractivity contribution in [3.8, 4) is 0 Å². The van der Waals surface area contributed by atoms with Crippen LogP contribution in [-0.2, 0) is 0 Å². The topological polar surface area (TPSA) is 20.2 Å². The molecule has 1 heteroatoms. The summed E-state index contributed by atoms with van der Waals surface area (Å²) in [5.74, 6) is 0.994. The van der Waals surface area contributed by atoms with Gasteiger partial charge in [-0.2, -0.15) is 0 Å². The zero-order chi connectivity index (χ0) is 9.52. The maximum atomic E-state index is 9.52. The average Bonchev–Trinajstić information content (AvgIpc) is 2.57. The van der Waals surface area contributed by atoms with E-state index in [2.05, 4.69) is 6.92 Å². The highest BCUT2D eigenvalue weighted by Gasteiger charge is 2.14. The molecule has 1 fully saturated rings. The van der Waals surface area contributed by atoms with Crippen LogP contribution < -0.4 is 0 Å². The van der Waals surface area contributed by atoms with Crippen molar-refractivity contribution in [1.29, 1.82) is 0 Å². The van der Waals surface area contributed by atoms with Gasteiger partial charge in [0.2, 0.25) is 0 Å². The Morgan fingerprint density at radius 2 is 1.92 bits per heavy atom. The van der Waals surface area contributed by atoms with Crippen molar-refractivity contribution in [3.05, 3.63) is 0 Å². The second kappa shape index (κ2) is 6.42. The molecule has 1 saturated carbocycles. The fraction of sp³-hybridized carbons (Fsp3) is 1.00. The van der Waals surface area contributed by atoms with Crippen LogP contribution in [0.2, 0.25) is 0 Å². The lowest BCUT2D eigenvalue weighted by Gasteiger charge is -2.11. The Balaban J connectivity index is 1.93. The SMILES string of the molecule is CCC[C@H](O)CCCC1CCCC1. The van der Waals surface area contributed by atoms with Crippen LogP contribution in [0.1, 0.15) is 64.7 Å². The molecule has 1 atom stereocenters. The molecule has 0 spiro atoms. The number of hydrogen-bond acceptors (Lipinski definition) is 1. The van der Waals surface area contributed by atoms with E-state index in [9.17, 15) is 5.11 Å². The zero-order valence-corrected chi connectivity index (χ0v) is 8.97. The Bertz CT molecular complexity index is 116. The van der Waals surface area contributed by atoms with E-state index in [-0.39, 0.29) is 6.10 Å². The predicted molar refractivity (Wildman–Crippen MR) is 56.7 cm³/mol. The van der Waals surface area contributed by atoms with Crippen molar-refractivity contribution in [2.24, 2.45) is 5.92 Å². The monoisotopic (exact) mass is 184 g/mol. The van der Waals surface area contributed by atoms with Crippen LogP contribution in [0.4, 0.5) is 0 Å². The molecule has 1 nitrogen and oxygen atoms in total. The summed E-state index contributed by atoms with van der Waals surface area (Å²) in [5, 5.41) is 9.52. The van der Waals surface area contributed by atoms with Gasteiger partial charge in [-0.05, 0) is 18.8 Å². The van der Waals surface area contributed by atoms with Crippen molar-refractivity contribution in [2.45, 2.75) is 70.8 Å². The number of rotatable bonds is 6. The minimum absolute atomic E-state index is 0.0218. The summed E-state index contributed by atoms with van der Waals surface area (Å²) in [5.41, 5.74) is 0. The first kappa shape index (κ1) is 11.0. The summed E-state index contributed by atoms with van der Waals surface area (Å²) in [4.78, 5) is 0. The molecule has 0 unspecified atom stereocenters. The molecule has 0 saturated heterocycles. The van der Waals surface area contributed by atoms with E-state index >= 15 is 0 Å². The molecule has 0 aliphatic heterocycles. The summed E-state index contributed by atoms with van der Waals surface area (Å²) in [6.07, 6.45) is 11.5. The summed E-state index contributed by atoms with van der Waals surface area (Å²) in [7, 11) is 0. The normalized spacial score (nSPS) is 20.8. The van der Waals surface area contributed by atoms with E-state index in [0.29, 0.717) is 0 Å². The van der Waals surface area contributed by atoms with Crippen LogP contribution >= 0.6 is 0 Å². The summed E-state index contributed by atoms with van der Waals surface area (Å²) >= 11 is 0. The van der Waals surface area contributed by atoms with Gasteiger partial charge in [-0.1, -0.05) is 51.9 Å². The van der Waals surface area contributed by atoms with Crippen molar-refractivity contribution in [2.75, 3.05) is 0 Å². The van der Waals surface area contributed by atoms with E-state index in [1.54, 1.807) is 0 Å².